The van der Waals surface area contributed by atoms with E-state index in [1.54, 1.807) is 0 Å². The molecule has 0 saturated heterocycles. The Morgan fingerprint density at radius 1 is 0.321 bits per heavy atom. The molecule has 262 valence electrons. The molecule has 0 fully saturated rings. The fourth-order valence-corrected chi connectivity index (χ4v) is 10.2. The van der Waals surface area contributed by atoms with Gasteiger partial charge in [-0.15, -0.1) is 0 Å². The standard InChI is InChI=1S/C53H34N2S/c1-3-14-38(15-4-1)48-34-49(55-52(54-48)40-16-5-2-6-17-40)39-32-28-36(29-33-39)35-26-30-37(31-27-35)41-20-13-24-47-51(41)56-50-25-12-11-23-46(50)53(47)44-21-9-7-18-42(44)43-19-8-10-22-45(43)53/h1-34H. The minimum absolute atomic E-state index is 0.380. The van der Waals surface area contributed by atoms with Gasteiger partial charge in [0.25, 0.3) is 0 Å². The molecule has 2 nitrogen and oxygen atoms in total. The molecule has 0 radical (unpaired) electrons. The Kier molecular flexibility index (Phi) is 7.68. The summed E-state index contributed by atoms with van der Waals surface area (Å²) in [6.07, 6.45) is 0. The lowest BCUT2D eigenvalue weighted by molar-refractivity contribution is 0.723. The quantitative estimate of drug-likeness (QED) is 0.176. The second-order valence-corrected chi connectivity index (χ2v) is 15.5. The summed E-state index contributed by atoms with van der Waals surface area (Å²) in [5, 5.41) is 0. The second kappa shape index (κ2) is 13.2. The Labute approximate surface area is 331 Å². The second-order valence-electron chi connectivity index (χ2n) is 14.5. The van der Waals surface area contributed by atoms with Crippen LogP contribution in [-0.2, 0) is 5.41 Å². The van der Waals surface area contributed by atoms with Gasteiger partial charge in [0.1, 0.15) is 0 Å². The molecule has 0 N–H and O–H groups in total. The number of hydrogen-bond acceptors (Lipinski definition) is 3. The maximum atomic E-state index is 5.03. The lowest BCUT2D eigenvalue weighted by atomic mass is 9.67. The number of nitrogens with zero attached hydrogens (tertiary/aromatic N) is 2. The van der Waals surface area contributed by atoms with E-state index in [1.165, 1.54) is 59.9 Å². The van der Waals surface area contributed by atoms with E-state index in [1.807, 2.05) is 48.2 Å². The first-order valence-corrected chi connectivity index (χ1v) is 19.9. The number of aromatic nitrogens is 2. The molecule has 9 aromatic rings. The molecule has 56 heavy (non-hydrogen) atoms. The first kappa shape index (κ1) is 32.6. The van der Waals surface area contributed by atoms with Gasteiger partial charge in [-0.3, -0.25) is 0 Å². The Bertz CT molecular complexity index is 2810. The van der Waals surface area contributed by atoms with Crippen LogP contribution in [0.2, 0.25) is 0 Å². The third-order valence-electron chi connectivity index (χ3n) is 11.4. The third kappa shape index (κ3) is 5.12. The van der Waals surface area contributed by atoms with Crippen LogP contribution in [0.25, 0.3) is 67.3 Å². The molecule has 0 saturated carbocycles. The van der Waals surface area contributed by atoms with Crippen molar-refractivity contribution in [2.75, 3.05) is 0 Å². The van der Waals surface area contributed by atoms with Gasteiger partial charge < -0.3 is 0 Å². The van der Waals surface area contributed by atoms with Gasteiger partial charge in [-0.05, 0) is 67.8 Å². The van der Waals surface area contributed by atoms with Crippen LogP contribution in [0.5, 0.6) is 0 Å². The van der Waals surface area contributed by atoms with Gasteiger partial charge in [0, 0.05) is 26.5 Å². The van der Waals surface area contributed by atoms with E-state index >= 15 is 0 Å². The topological polar surface area (TPSA) is 25.8 Å². The van der Waals surface area contributed by atoms with Crippen LogP contribution in [-0.4, -0.2) is 9.97 Å². The monoisotopic (exact) mass is 730 g/mol. The first-order chi connectivity index (χ1) is 27.8. The van der Waals surface area contributed by atoms with Crippen molar-refractivity contribution in [2.24, 2.45) is 0 Å². The molecular weight excluding hydrogens is 697 g/mol. The van der Waals surface area contributed by atoms with Gasteiger partial charge in [-0.25, -0.2) is 9.97 Å². The Hall–Kier alpha value is -6.81. The van der Waals surface area contributed by atoms with E-state index in [4.69, 9.17) is 9.97 Å². The van der Waals surface area contributed by atoms with Crippen LogP contribution in [0.15, 0.2) is 216 Å². The minimum Gasteiger partial charge on any atom is -0.228 e. The van der Waals surface area contributed by atoms with Crippen LogP contribution in [0.3, 0.4) is 0 Å². The summed E-state index contributed by atoms with van der Waals surface area (Å²) in [4.78, 5) is 12.6. The molecule has 8 aromatic carbocycles. The number of rotatable bonds is 5. The van der Waals surface area contributed by atoms with E-state index in [0.29, 0.717) is 0 Å². The predicted molar refractivity (Wildman–Crippen MR) is 231 cm³/mol. The van der Waals surface area contributed by atoms with E-state index in [9.17, 15) is 0 Å². The van der Waals surface area contributed by atoms with Gasteiger partial charge in [0.05, 0.1) is 16.8 Å². The fourth-order valence-electron chi connectivity index (χ4n) is 8.85. The largest absolute Gasteiger partial charge is 0.228 e. The Morgan fingerprint density at radius 3 is 1.39 bits per heavy atom. The van der Waals surface area contributed by atoms with Gasteiger partial charge in [-0.1, -0.05) is 206 Å². The van der Waals surface area contributed by atoms with Crippen molar-refractivity contribution in [3.8, 4) is 67.3 Å². The molecule has 1 spiro atoms. The molecular formula is C53H34N2S. The van der Waals surface area contributed by atoms with Crippen molar-refractivity contribution in [3.63, 3.8) is 0 Å². The Morgan fingerprint density at radius 2 is 0.768 bits per heavy atom. The van der Waals surface area contributed by atoms with Crippen molar-refractivity contribution in [3.05, 3.63) is 229 Å². The van der Waals surface area contributed by atoms with Crippen molar-refractivity contribution in [2.45, 2.75) is 15.2 Å². The van der Waals surface area contributed by atoms with Crippen molar-refractivity contribution in [1.29, 1.82) is 0 Å². The van der Waals surface area contributed by atoms with Crippen LogP contribution < -0.4 is 0 Å². The van der Waals surface area contributed by atoms with Gasteiger partial charge >= 0.3 is 0 Å². The molecule has 1 aliphatic heterocycles. The molecule has 2 heterocycles. The summed E-state index contributed by atoms with van der Waals surface area (Å²) < 4.78 is 0. The normalized spacial score (nSPS) is 13.1. The molecule has 0 amide bonds. The number of fused-ring (bicyclic) bond motifs is 9. The summed E-state index contributed by atoms with van der Waals surface area (Å²) in [5.74, 6) is 0.721. The summed E-state index contributed by atoms with van der Waals surface area (Å²) in [5.41, 5.74) is 17.5. The summed E-state index contributed by atoms with van der Waals surface area (Å²) in [7, 11) is 0. The van der Waals surface area contributed by atoms with Gasteiger partial charge in [0.2, 0.25) is 0 Å². The zero-order chi connectivity index (χ0) is 37.1. The molecule has 1 aliphatic carbocycles. The highest BCUT2D eigenvalue weighted by molar-refractivity contribution is 7.99. The van der Waals surface area contributed by atoms with E-state index in [0.717, 1.165) is 39.5 Å². The minimum atomic E-state index is -0.380. The molecule has 1 aromatic heterocycles. The lowest BCUT2D eigenvalue weighted by Crippen LogP contribution is -2.32. The highest BCUT2D eigenvalue weighted by Gasteiger charge is 2.50. The fraction of sp³-hybridized carbons (Fsp3) is 0.0189. The average Bonchev–Trinajstić information content (AvgIpc) is 3.57. The number of benzene rings is 8. The number of hydrogen-bond donors (Lipinski definition) is 0. The summed E-state index contributed by atoms with van der Waals surface area (Å²) in [6, 6.07) is 74.4. The van der Waals surface area contributed by atoms with Crippen molar-refractivity contribution in [1.82, 2.24) is 9.97 Å². The summed E-state index contributed by atoms with van der Waals surface area (Å²) >= 11 is 1.90. The Balaban J connectivity index is 0.965. The third-order valence-corrected chi connectivity index (χ3v) is 12.6. The van der Waals surface area contributed by atoms with Crippen LogP contribution in [0.4, 0.5) is 0 Å². The highest BCUT2D eigenvalue weighted by Crippen LogP contribution is 2.63. The smallest absolute Gasteiger partial charge is 0.160 e. The molecule has 0 bridgehead atoms. The van der Waals surface area contributed by atoms with E-state index in [2.05, 4.69) is 170 Å². The molecule has 11 rings (SSSR count). The van der Waals surface area contributed by atoms with Crippen molar-refractivity contribution >= 4 is 11.8 Å². The lowest BCUT2D eigenvalue weighted by Gasteiger charge is -2.40. The maximum absolute atomic E-state index is 5.03. The van der Waals surface area contributed by atoms with Crippen molar-refractivity contribution < 1.29 is 0 Å². The zero-order valence-electron chi connectivity index (χ0n) is 30.4. The SMILES string of the molecule is c1ccc(-c2cc(-c3ccc(-c4ccc(-c5cccc6c5Sc5ccccc5C65c6ccccc6-c6ccccc65)cc4)cc3)nc(-c3ccccc3)n2)cc1. The van der Waals surface area contributed by atoms with Crippen LogP contribution >= 0.6 is 11.8 Å². The maximum Gasteiger partial charge on any atom is 0.160 e. The summed E-state index contributed by atoms with van der Waals surface area (Å²) in [6.45, 7) is 0. The van der Waals surface area contributed by atoms with Gasteiger partial charge in [0.15, 0.2) is 5.82 Å². The molecule has 2 aliphatic rings. The van der Waals surface area contributed by atoms with Crippen LogP contribution in [0, 0.1) is 0 Å². The molecule has 3 heteroatoms. The molecule has 0 unspecified atom stereocenters. The van der Waals surface area contributed by atoms with E-state index in [-0.39, 0.29) is 5.41 Å². The molecule has 0 atom stereocenters. The van der Waals surface area contributed by atoms with E-state index < -0.39 is 0 Å². The van der Waals surface area contributed by atoms with Crippen LogP contribution in [0.1, 0.15) is 22.3 Å². The average molecular weight is 731 g/mol. The van der Waals surface area contributed by atoms with Gasteiger partial charge in [-0.2, -0.15) is 0 Å². The zero-order valence-corrected chi connectivity index (χ0v) is 31.2. The first-order valence-electron chi connectivity index (χ1n) is 19.1. The highest BCUT2D eigenvalue weighted by atomic mass is 32.2. The predicted octanol–water partition coefficient (Wildman–Crippen LogP) is 13.6.